The zero-order valence-corrected chi connectivity index (χ0v) is 6.69. The van der Waals surface area contributed by atoms with Crippen LogP contribution in [0.4, 0.5) is 0 Å². The van der Waals surface area contributed by atoms with Crippen LogP contribution in [-0.4, -0.2) is 17.3 Å². The first kappa shape index (κ1) is 7.58. The Morgan fingerprint density at radius 3 is 2.67 bits per heavy atom. The van der Waals surface area contributed by atoms with Crippen LogP contribution in [0.25, 0.3) is 0 Å². The van der Waals surface area contributed by atoms with Gasteiger partial charge in [-0.3, -0.25) is 0 Å². The Hall–Kier alpha value is -1.06. The van der Waals surface area contributed by atoms with E-state index in [1.54, 1.807) is 25.3 Å². The van der Waals surface area contributed by atoms with Crippen LogP contribution in [0, 0.1) is 0 Å². The van der Waals surface area contributed by atoms with E-state index in [9.17, 15) is 10.2 Å². The minimum atomic E-state index is -0.781. The summed E-state index contributed by atoms with van der Waals surface area (Å²) in [4.78, 5) is 0. The lowest BCUT2D eigenvalue weighted by Gasteiger charge is -2.33. The summed E-state index contributed by atoms with van der Waals surface area (Å²) >= 11 is 0. The van der Waals surface area contributed by atoms with Crippen molar-refractivity contribution in [3.8, 4) is 5.75 Å². The molecule has 0 radical (unpaired) electrons. The largest absolute Gasteiger partial charge is 0.496 e. The molecule has 0 saturated carbocycles. The summed E-state index contributed by atoms with van der Waals surface area (Å²) in [6.45, 7) is 0. The quantitative estimate of drug-likeness (QED) is 0.648. The minimum Gasteiger partial charge on any atom is -0.496 e. The van der Waals surface area contributed by atoms with Crippen molar-refractivity contribution in [1.82, 2.24) is 0 Å². The molecule has 0 spiro atoms. The number of hydrogen-bond acceptors (Lipinski definition) is 3. The Kier molecular flexibility index (Phi) is 1.56. The average Bonchev–Trinajstić information content (AvgIpc) is 2.15. The lowest BCUT2D eigenvalue weighted by molar-refractivity contribution is -0.0148. The summed E-state index contributed by atoms with van der Waals surface area (Å²) in [5.41, 5.74) is 1.48. The number of aliphatic hydroxyl groups excluding tert-OH is 2. The van der Waals surface area contributed by atoms with Crippen molar-refractivity contribution >= 4 is 0 Å². The third kappa shape index (κ3) is 0.777. The Morgan fingerprint density at radius 2 is 2.00 bits per heavy atom. The molecular weight excluding hydrogens is 156 g/mol. The highest BCUT2D eigenvalue weighted by Crippen LogP contribution is 2.47. The number of aliphatic hydroxyl groups is 2. The first-order valence-corrected chi connectivity index (χ1v) is 3.78. The molecule has 3 heteroatoms. The molecule has 0 saturated heterocycles. The molecule has 2 atom stereocenters. The van der Waals surface area contributed by atoms with Gasteiger partial charge in [-0.15, -0.1) is 0 Å². The van der Waals surface area contributed by atoms with Crippen LogP contribution in [0.15, 0.2) is 18.2 Å². The first-order valence-electron chi connectivity index (χ1n) is 3.78. The van der Waals surface area contributed by atoms with Crippen LogP contribution < -0.4 is 4.74 Å². The predicted octanol–water partition coefficient (Wildman–Crippen LogP) is 0.776. The van der Waals surface area contributed by atoms with E-state index in [4.69, 9.17) is 4.74 Å². The molecule has 1 aliphatic carbocycles. The standard InChI is InChI=1S/C9H10O3/c1-12-6-4-2-3-5-7(6)9(11)8(5)10/h2-4,8-11H,1H3/t8-,9-/m1/s1. The van der Waals surface area contributed by atoms with Crippen LogP contribution in [0.5, 0.6) is 5.75 Å². The van der Waals surface area contributed by atoms with E-state index >= 15 is 0 Å². The van der Waals surface area contributed by atoms with Crippen molar-refractivity contribution in [2.24, 2.45) is 0 Å². The number of rotatable bonds is 1. The third-order valence-electron chi connectivity index (χ3n) is 2.23. The van der Waals surface area contributed by atoms with Crippen LogP contribution in [0.3, 0.4) is 0 Å². The molecule has 0 heterocycles. The Morgan fingerprint density at radius 1 is 1.25 bits per heavy atom. The van der Waals surface area contributed by atoms with Crippen LogP contribution >= 0.6 is 0 Å². The molecule has 1 aromatic carbocycles. The third-order valence-corrected chi connectivity index (χ3v) is 2.23. The molecule has 0 bridgehead atoms. The molecule has 1 aliphatic rings. The molecule has 2 rings (SSSR count). The van der Waals surface area contributed by atoms with Gasteiger partial charge in [-0.1, -0.05) is 12.1 Å². The second-order valence-electron chi connectivity index (χ2n) is 2.85. The number of methoxy groups -OCH3 is 1. The van der Waals surface area contributed by atoms with Crippen LogP contribution in [-0.2, 0) is 0 Å². The van der Waals surface area contributed by atoms with Crippen molar-refractivity contribution in [3.05, 3.63) is 29.3 Å². The lowest BCUT2D eigenvalue weighted by atomic mass is 9.82. The minimum absolute atomic E-state index is 0.644. The van der Waals surface area contributed by atoms with Crippen molar-refractivity contribution in [2.75, 3.05) is 7.11 Å². The number of ether oxygens (including phenoxy) is 1. The van der Waals surface area contributed by atoms with Crippen molar-refractivity contribution in [3.63, 3.8) is 0 Å². The number of fused-ring (bicyclic) bond motifs is 1. The van der Waals surface area contributed by atoms with E-state index in [0.29, 0.717) is 11.3 Å². The maximum absolute atomic E-state index is 9.35. The van der Waals surface area contributed by atoms with Gasteiger partial charge in [0.2, 0.25) is 0 Å². The van der Waals surface area contributed by atoms with Gasteiger partial charge in [0.1, 0.15) is 18.0 Å². The average molecular weight is 166 g/mol. The molecular formula is C9H10O3. The van der Waals surface area contributed by atoms with Crippen molar-refractivity contribution < 1.29 is 14.9 Å². The molecule has 0 unspecified atom stereocenters. The van der Waals surface area contributed by atoms with Gasteiger partial charge < -0.3 is 14.9 Å². The van der Waals surface area contributed by atoms with Gasteiger partial charge in [0, 0.05) is 5.56 Å². The molecule has 12 heavy (non-hydrogen) atoms. The maximum Gasteiger partial charge on any atom is 0.125 e. The molecule has 2 N–H and O–H groups in total. The summed E-state index contributed by atoms with van der Waals surface area (Å²) in [5, 5.41) is 18.6. The fourth-order valence-electron chi connectivity index (χ4n) is 1.55. The fraction of sp³-hybridized carbons (Fsp3) is 0.333. The van der Waals surface area contributed by atoms with Crippen molar-refractivity contribution in [1.29, 1.82) is 0 Å². The summed E-state index contributed by atoms with van der Waals surface area (Å²) < 4.78 is 5.02. The van der Waals surface area contributed by atoms with E-state index in [1.807, 2.05) is 0 Å². The van der Waals surface area contributed by atoms with Gasteiger partial charge in [0.15, 0.2) is 0 Å². The maximum atomic E-state index is 9.35. The molecule has 0 fully saturated rings. The van der Waals surface area contributed by atoms with Gasteiger partial charge >= 0.3 is 0 Å². The van der Waals surface area contributed by atoms with E-state index < -0.39 is 12.2 Å². The fourth-order valence-corrected chi connectivity index (χ4v) is 1.55. The number of hydrogen-bond donors (Lipinski definition) is 2. The molecule has 1 aromatic rings. The van der Waals surface area contributed by atoms with E-state index in [1.165, 1.54) is 0 Å². The molecule has 3 nitrogen and oxygen atoms in total. The summed E-state index contributed by atoms with van der Waals surface area (Å²) in [6, 6.07) is 5.36. The first-order chi connectivity index (χ1) is 5.75. The Labute approximate surface area is 70.2 Å². The van der Waals surface area contributed by atoms with Crippen LogP contribution in [0.2, 0.25) is 0 Å². The molecule has 0 aliphatic heterocycles. The van der Waals surface area contributed by atoms with Gasteiger partial charge in [-0.2, -0.15) is 0 Å². The van der Waals surface area contributed by atoms with E-state index in [0.717, 1.165) is 5.56 Å². The van der Waals surface area contributed by atoms with Gasteiger partial charge in [-0.25, -0.2) is 0 Å². The SMILES string of the molecule is COc1cccc2c1[C@@H](O)[C@@H]2O. The molecule has 64 valence electrons. The summed E-state index contributed by atoms with van der Waals surface area (Å²) in [6.07, 6.45) is -1.52. The monoisotopic (exact) mass is 166 g/mol. The highest BCUT2D eigenvalue weighted by molar-refractivity contribution is 5.50. The molecule has 0 amide bonds. The van der Waals surface area contributed by atoms with Crippen molar-refractivity contribution in [2.45, 2.75) is 12.2 Å². The number of benzene rings is 1. The highest BCUT2D eigenvalue weighted by atomic mass is 16.5. The zero-order valence-electron chi connectivity index (χ0n) is 6.69. The highest BCUT2D eigenvalue weighted by Gasteiger charge is 2.37. The second kappa shape index (κ2) is 2.47. The van der Waals surface area contributed by atoms with Gasteiger partial charge in [-0.05, 0) is 11.6 Å². The van der Waals surface area contributed by atoms with E-state index in [2.05, 4.69) is 0 Å². The Balaban J connectivity index is 2.51. The smallest absolute Gasteiger partial charge is 0.125 e. The summed E-state index contributed by atoms with van der Waals surface area (Å²) in [5.74, 6) is 0.644. The second-order valence-corrected chi connectivity index (χ2v) is 2.85. The van der Waals surface area contributed by atoms with Crippen LogP contribution in [0.1, 0.15) is 23.3 Å². The lowest BCUT2D eigenvalue weighted by Crippen LogP contribution is -2.24. The zero-order chi connectivity index (χ0) is 8.72. The Bertz CT molecular complexity index is 294. The normalized spacial score (nSPS) is 25.9. The molecule has 0 aromatic heterocycles. The summed E-state index contributed by atoms with van der Waals surface area (Å²) in [7, 11) is 1.55. The predicted molar refractivity (Wildman–Crippen MR) is 42.9 cm³/mol. The topological polar surface area (TPSA) is 49.7 Å². The van der Waals surface area contributed by atoms with Gasteiger partial charge in [0.25, 0.3) is 0 Å². The van der Waals surface area contributed by atoms with E-state index in [-0.39, 0.29) is 0 Å². The van der Waals surface area contributed by atoms with Gasteiger partial charge in [0.05, 0.1) is 7.11 Å².